The van der Waals surface area contributed by atoms with E-state index in [2.05, 4.69) is 0 Å². The van der Waals surface area contributed by atoms with Crippen molar-refractivity contribution in [2.24, 2.45) is 0 Å². The van der Waals surface area contributed by atoms with Gasteiger partial charge in [-0.15, -0.1) is 0 Å². The summed E-state index contributed by atoms with van der Waals surface area (Å²) in [7, 11) is 0. The molecule has 0 N–H and O–H groups in total. The van der Waals surface area contributed by atoms with Crippen LogP contribution in [-0.4, -0.2) is 18.4 Å². The molecule has 80 valence electrons. The van der Waals surface area contributed by atoms with E-state index in [1.54, 1.807) is 0 Å². The zero-order valence-corrected chi connectivity index (χ0v) is 7.71. The number of hydrogen-bond acceptors (Lipinski definition) is 1. The number of nitrogens with zero attached hydrogens (tertiary/aromatic N) is 1. The first-order chi connectivity index (χ1) is 7.04. The molecule has 1 aliphatic heterocycles. The third-order valence-corrected chi connectivity index (χ3v) is 2.32. The standard InChI is InChI=1S/C10H8F3NO/c11-5-7-1-3-8(4-2-7)14-6-10(12,13)9(14)15/h1-4H,5-6H2. The van der Waals surface area contributed by atoms with E-state index >= 15 is 0 Å². The Morgan fingerprint density at radius 1 is 1.27 bits per heavy atom. The zero-order valence-electron chi connectivity index (χ0n) is 7.71. The molecule has 0 aromatic heterocycles. The molecule has 2 rings (SSSR count). The molecule has 0 bridgehead atoms. The molecular formula is C10H8F3NO. The van der Waals surface area contributed by atoms with Crippen LogP contribution in [0, 0.1) is 0 Å². The fraction of sp³-hybridized carbons (Fsp3) is 0.300. The molecule has 15 heavy (non-hydrogen) atoms. The minimum atomic E-state index is -3.24. The minimum Gasteiger partial charge on any atom is -0.300 e. The molecule has 5 heteroatoms. The van der Waals surface area contributed by atoms with Crippen molar-refractivity contribution in [2.75, 3.05) is 11.4 Å². The fourth-order valence-electron chi connectivity index (χ4n) is 1.42. The second-order valence-corrected chi connectivity index (χ2v) is 3.40. The predicted octanol–water partition coefficient (Wildman–Crippen LogP) is 2.14. The highest BCUT2D eigenvalue weighted by molar-refractivity contribution is 6.05. The highest BCUT2D eigenvalue weighted by atomic mass is 19.3. The van der Waals surface area contributed by atoms with Crippen LogP contribution in [0.1, 0.15) is 5.56 Å². The Morgan fingerprint density at radius 3 is 2.27 bits per heavy atom. The summed E-state index contributed by atoms with van der Waals surface area (Å²) in [4.78, 5) is 11.9. The average Bonchev–Trinajstić information content (AvgIpc) is 2.26. The molecule has 1 aromatic rings. The first kappa shape index (κ1) is 10.0. The van der Waals surface area contributed by atoms with Crippen molar-refractivity contribution in [1.29, 1.82) is 0 Å². The van der Waals surface area contributed by atoms with Crippen molar-refractivity contribution in [1.82, 2.24) is 0 Å². The van der Waals surface area contributed by atoms with E-state index in [9.17, 15) is 18.0 Å². The van der Waals surface area contributed by atoms with Gasteiger partial charge in [-0.05, 0) is 17.7 Å². The lowest BCUT2D eigenvalue weighted by Crippen LogP contribution is -2.62. The summed E-state index contributed by atoms with van der Waals surface area (Å²) in [6.07, 6.45) is 0. The maximum Gasteiger partial charge on any atom is 0.342 e. The van der Waals surface area contributed by atoms with Gasteiger partial charge in [-0.2, -0.15) is 8.78 Å². The van der Waals surface area contributed by atoms with E-state index in [0.717, 1.165) is 4.90 Å². The third-order valence-electron chi connectivity index (χ3n) is 2.32. The highest BCUT2D eigenvalue weighted by Crippen LogP contribution is 2.33. The van der Waals surface area contributed by atoms with Gasteiger partial charge in [0, 0.05) is 5.69 Å². The molecule has 0 atom stereocenters. The molecule has 1 amide bonds. The van der Waals surface area contributed by atoms with Gasteiger partial charge in [0.2, 0.25) is 0 Å². The number of anilines is 1. The Hall–Kier alpha value is -1.52. The third kappa shape index (κ3) is 1.58. The summed E-state index contributed by atoms with van der Waals surface area (Å²) in [6, 6.07) is 5.86. The van der Waals surface area contributed by atoms with E-state index in [1.165, 1.54) is 24.3 Å². The van der Waals surface area contributed by atoms with E-state index in [1.807, 2.05) is 0 Å². The van der Waals surface area contributed by atoms with Crippen molar-refractivity contribution in [3.8, 4) is 0 Å². The first-order valence-electron chi connectivity index (χ1n) is 4.39. The lowest BCUT2D eigenvalue weighted by atomic mass is 10.1. The van der Waals surface area contributed by atoms with Gasteiger partial charge < -0.3 is 4.90 Å². The quantitative estimate of drug-likeness (QED) is 0.692. The largest absolute Gasteiger partial charge is 0.342 e. The monoisotopic (exact) mass is 215 g/mol. The van der Waals surface area contributed by atoms with Crippen LogP contribution in [0.2, 0.25) is 0 Å². The Kier molecular flexibility index (Phi) is 2.17. The summed E-state index contributed by atoms with van der Waals surface area (Å²) in [5.41, 5.74) is 0.835. The van der Waals surface area contributed by atoms with Crippen molar-refractivity contribution in [3.05, 3.63) is 29.8 Å². The lowest BCUT2D eigenvalue weighted by molar-refractivity contribution is -0.152. The smallest absolute Gasteiger partial charge is 0.300 e. The van der Waals surface area contributed by atoms with Gasteiger partial charge in [0.05, 0.1) is 6.54 Å². The molecule has 0 radical (unpaired) electrons. The molecule has 1 aromatic carbocycles. The maximum absolute atomic E-state index is 12.6. The van der Waals surface area contributed by atoms with Crippen LogP contribution in [0.25, 0.3) is 0 Å². The molecule has 1 aliphatic rings. The number of alkyl halides is 3. The predicted molar refractivity (Wildman–Crippen MR) is 48.6 cm³/mol. The number of halogens is 3. The molecule has 0 spiro atoms. The highest BCUT2D eigenvalue weighted by Gasteiger charge is 2.54. The molecule has 0 saturated carbocycles. The SMILES string of the molecule is O=C1N(c2ccc(CF)cc2)CC1(F)F. The summed E-state index contributed by atoms with van der Waals surface area (Å²) in [6.45, 7) is -1.20. The number of amides is 1. The summed E-state index contributed by atoms with van der Waals surface area (Å²) in [5, 5.41) is 0. The Morgan fingerprint density at radius 2 is 1.87 bits per heavy atom. The number of hydrogen-bond donors (Lipinski definition) is 0. The molecule has 1 fully saturated rings. The molecule has 2 nitrogen and oxygen atoms in total. The van der Waals surface area contributed by atoms with E-state index < -0.39 is 25.0 Å². The van der Waals surface area contributed by atoms with Crippen molar-refractivity contribution >= 4 is 11.6 Å². The van der Waals surface area contributed by atoms with Crippen LogP contribution in [0.15, 0.2) is 24.3 Å². The number of benzene rings is 1. The van der Waals surface area contributed by atoms with E-state index in [-0.39, 0.29) is 0 Å². The zero-order chi connectivity index (χ0) is 11.1. The van der Waals surface area contributed by atoms with Crippen molar-refractivity contribution in [3.63, 3.8) is 0 Å². The fourth-order valence-corrected chi connectivity index (χ4v) is 1.42. The first-order valence-corrected chi connectivity index (χ1v) is 4.39. The molecular weight excluding hydrogens is 207 g/mol. The average molecular weight is 215 g/mol. The van der Waals surface area contributed by atoms with Gasteiger partial charge in [-0.3, -0.25) is 4.79 Å². The van der Waals surface area contributed by atoms with Gasteiger partial charge >= 0.3 is 5.92 Å². The molecule has 0 unspecified atom stereocenters. The van der Waals surface area contributed by atoms with Gasteiger partial charge in [0.25, 0.3) is 5.91 Å². The maximum atomic E-state index is 12.6. The van der Waals surface area contributed by atoms with Gasteiger partial charge in [0.1, 0.15) is 6.67 Å². The second kappa shape index (κ2) is 3.25. The van der Waals surface area contributed by atoms with Gasteiger partial charge in [0.15, 0.2) is 0 Å². The van der Waals surface area contributed by atoms with E-state index in [4.69, 9.17) is 0 Å². The number of rotatable bonds is 2. The summed E-state index contributed by atoms with van der Waals surface area (Å²) in [5.74, 6) is -4.44. The van der Waals surface area contributed by atoms with Crippen LogP contribution in [0.3, 0.4) is 0 Å². The Balaban J connectivity index is 2.16. The Bertz CT molecular complexity index is 388. The summed E-state index contributed by atoms with van der Waals surface area (Å²) < 4.78 is 37.3. The van der Waals surface area contributed by atoms with Gasteiger partial charge in [-0.25, -0.2) is 4.39 Å². The van der Waals surface area contributed by atoms with Gasteiger partial charge in [-0.1, -0.05) is 12.1 Å². The lowest BCUT2D eigenvalue weighted by Gasteiger charge is -2.37. The van der Waals surface area contributed by atoms with Crippen LogP contribution in [0.5, 0.6) is 0 Å². The number of β-lactam (4-membered cyclic amide) rings is 1. The minimum absolute atomic E-state index is 0.378. The number of carbonyl (C=O) groups excluding carboxylic acids is 1. The molecule has 0 aliphatic carbocycles. The van der Waals surface area contributed by atoms with E-state index in [0.29, 0.717) is 11.3 Å². The van der Waals surface area contributed by atoms with Crippen LogP contribution in [-0.2, 0) is 11.5 Å². The normalized spacial score (nSPS) is 18.9. The summed E-state index contributed by atoms with van der Waals surface area (Å²) >= 11 is 0. The second-order valence-electron chi connectivity index (χ2n) is 3.40. The topological polar surface area (TPSA) is 20.3 Å². The molecule has 1 saturated heterocycles. The number of carbonyl (C=O) groups is 1. The van der Waals surface area contributed by atoms with Crippen LogP contribution in [0.4, 0.5) is 18.9 Å². The van der Waals surface area contributed by atoms with Crippen LogP contribution >= 0.6 is 0 Å². The molecule has 1 heterocycles. The van der Waals surface area contributed by atoms with Crippen LogP contribution < -0.4 is 4.90 Å². The van der Waals surface area contributed by atoms with Crippen molar-refractivity contribution in [2.45, 2.75) is 12.6 Å². The van der Waals surface area contributed by atoms with Crippen molar-refractivity contribution < 1.29 is 18.0 Å². The Labute approximate surface area is 84.3 Å².